The Balaban J connectivity index is 2.91. The van der Waals surface area contributed by atoms with E-state index in [0.29, 0.717) is 9.78 Å². The molecule has 1 aromatic heterocycles. The third-order valence-electron chi connectivity index (χ3n) is 0.977. The van der Waals surface area contributed by atoms with Crippen molar-refractivity contribution < 1.29 is 10.0 Å². The van der Waals surface area contributed by atoms with Gasteiger partial charge in [-0.3, -0.25) is 0 Å². The van der Waals surface area contributed by atoms with Crippen LogP contribution in [0.25, 0.3) is 4.85 Å². The van der Waals surface area contributed by atoms with E-state index in [1.165, 1.54) is 6.07 Å². The van der Waals surface area contributed by atoms with Gasteiger partial charge >= 0.3 is 7.12 Å². The summed E-state index contributed by atoms with van der Waals surface area (Å²) in [7, 11) is -1.44. The maximum atomic E-state index is 8.60. The van der Waals surface area contributed by atoms with Crippen molar-refractivity contribution in [2.24, 2.45) is 0 Å². The summed E-state index contributed by atoms with van der Waals surface area (Å²) < 4.78 is 0.408. The minimum absolute atomic E-state index is 0.408. The summed E-state index contributed by atoms with van der Waals surface area (Å²) in [5, 5.41) is 17.7. The summed E-state index contributed by atoms with van der Waals surface area (Å²) in [5.74, 6) is 0. The molecule has 0 aliphatic carbocycles. The number of rotatable bonds is 1. The minimum Gasteiger partial charge on any atom is -0.423 e. The summed E-state index contributed by atoms with van der Waals surface area (Å²) in [6, 6.07) is 3.09. The van der Waals surface area contributed by atoms with Crippen molar-refractivity contribution >= 4 is 28.2 Å². The second kappa shape index (κ2) is 2.84. The molecule has 0 atom stereocenters. The zero-order valence-corrected chi connectivity index (χ0v) is 5.80. The second-order valence-corrected chi connectivity index (χ2v) is 2.76. The van der Waals surface area contributed by atoms with Crippen molar-refractivity contribution in [3.05, 3.63) is 23.5 Å². The van der Waals surface area contributed by atoms with Gasteiger partial charge in [0, 0.05) is 4.78 Å². The molecule has 0 aliphatic rings. The lowest BCUT2D eigenvalue weighted by Gasteiger charge is -1.88. The Hall–Kier alpha value is -0.825. The molecular formula is C5H4BNO2S. The van der Waals surface area contributed by atoms with Gasteiger partial charge in [-0.25, -0.2) is 4.85 Å². The van der Waals surface area contributed by atoms with Gasteiger partial charge in [0.25, 0.3) is 0 Å². The Morgan fingerprint density at radius 2 is 2.20 bits per heavy atom. The van der Waals surface area contributed by atoms with E-state index >= 15 is 0 Å². The van der Waals surface area contributed by atoms with Crippen molar-refractivity contribution in [2.75, 3.05) is 0 Å². The Labute approximate surface area is 62.5 Å². The van der Waals surface area contributed by atoms with Crippen LogP contribution >= 0.6 is 11.3 Å². The minimum atomic E-state index is -1.44. The molecule has 0 spiro atoms. The third kappa shape index (κ3) is 1.36. The fraction of sp³-hybridized carbons (Fsp3) is 0. The Morgan fingerprint density at radius 3 is 2.50 bits per heavy atom. The van der Waals surface area contributed by atoms with Crippen LogP contribution in [-0.4, -0.2) is 17.2 Å². The van der Waals surface area contributed by atoms with E-state index in [2.05, 4.69) is 4.85 Å². The van der Waals surface area contributed by atoms with Crippen LogP contribution in [0.15, 0.2) is 12.1 Å². The highest BCUT2D eigenvalue weighted by molar-refractivity contribution is 7.25. The zero-order valence-electron chi connectivity index (χ0n) is 4.98. The average Bonchev–Trinajstić information content (AvgIpc) is 2.34. The average molecular weight is 153 g/mol. The quantitative estimate of drug-likeness (QED) is 0.439. The lowest BCUT2D eigenvalue weighted by Crippen LogP contribution is -2.26. The highest BCUT2D eigenvalue weighted by Crippen LogP contribution is 2.16. The van der Waals surface area contributed by atoms with Gasteiger partial charge in [0.05, 0.1) is 6.57 Å². The molecular weight excluding hydrogens is 149 g/mol. The van der Waals surface area contributed by atoms with E-state index in [4.69, 9.17) is 16.6 Å². The molecule has 1 heterocycles. The van der Waals surface area contributed by atoms with E-state index in [1.807, 2.05) is 0 Å². The fourth-order valence-corrected chi connectivity index (χ4v) is 1.21. The van der Waals surface area contributed by atoms with Crippen LogP contribution in [-0.2, 0) is 0 Å². The number of thiophene rings is 1. The van der Waals surface area contributed by atoms with Gasteiger partial charge in [-0.15, -0.1) is 0 Å². The molecule has 0 saturated heterocycles. The van der Waals surface area contributed by atoms with Gasteiger partial charge in [0.2, 0.25) is 5.00 Å². The van der Waals surface area contributed by atoms with Crippen LogP contribution in [0.4, 0.5) is 5.00 Å². The van der Waals surface area contributed by atoms with Gasteiger partial charge in [0.15, 0.2) is 0 Å². The molecule has 1 aromatic rings. The topological polar surface area (TPSA) is 44.8 Å². The number of nitrogens with zero attached hydrogens (tertiary/aromatic N) is 1. The normalized spacial score (nSPS) is 8.90. The van der Waals surface area contributed by atoms with Gasteiger partial charge < -0.3 is 10.0 Å². The molecule has 3 nitrogen and oxygen atoms in total. The third-order valence-corrected chi connectivity index (χ3v) is 2.00. The molecule has 10 heavy (non-hydrogen) atoms. The van der Waals surface area contributed by atoms with Crippen LogP contribution in [0.1, 0.15) is 0 Å². The Bertz CT molecular complexity index is 265. The predicted molar refractivity (Wildman–Crippen MR) is 40.4 cm³/mol. The smallest absolute Gasteiger partial charge is 0.423 e. The zero-order chi connectivity index (χ0) is 7.56. The van der Waals surface area contributed by atoms with E-state index in [-0.39, 0.29) is 0 Å². The summed E-state index contributed by atoms with van der Waals surface area (Å²) in [4.78, 5) is 3.12. The molecule has 0 aliphatic heterocycles. The summed E-state index contributed by atoms with van der Waals surface area (Å²) in [5.41, 5.74) is 0. The molecule has 1 rings (SSSR count). The van der Waals surface area contributed by atoms with Crippen molar-refractivity contribution in [3.63, 3.8) is 0 Å². The molecule has 5 heteroatoms. The first kappa shape index (κ1) is 7.28. The lowest BCUT2D eigenvalue weighted by molar-refractivity contribution is 0.427. The molecule has 0 bridgehead atoms. The molecule has 0 saturated carbocycles. The second-order valence-electron chi connectivity index (χ2n) is 1.66. The van der Waals surface area contributed by atoms with Gasteiger partial charge in [0.1, 0.15) is 0 Å². The van der Waals surface area contributed by atoms with E-state index in [9.17, 15) is 0 Å². The van der Waals surface area contributed by atoms with Crippen LogP contribution in [0.2, 0.25) is 0 Å². The number of hydrogen-bond acceptors (Lipinski definition) is 3. The van der Waals surface area contributed by atoms with E-state index < -0.39 is 7.12 Å². The van der Waals surface area contributed by atoms with Crippen LogP contribution in [0.3, 0.4) is 0 Å². The molecule has 50 valence electrons. The lowest BCUT2D eigenvalue weighted by atomic mass is 9.90. The fourth-order valence-electron chi connectivity index (χ4n) is 0.541. The number of hydrogen-bond donors (Lipinski definition) is 2. The molecule has 0 fully saturated rings. The van der Waals surface area contributed by atoms with Crippen molar-refractivity contribution in [1.29, 1.82) is 0 Å². The van der Waals surface area contributed by atoms with Gasteiger partial charge in [-0.05, 0) is 6.07 Å². The standard InChI is InChI=1S/C5H4BNO2S/c1-7-5-3-2-4(10-5)6(8)9/h2-3,8-9H. The Morgan fingerprint density at radius 1 is 1.50 bits per heavy atom. The van der Waals surface area contributed by atoms with Crippen molar-refractivity contribution in [2.45, 2.75) is 0 Å². The van der Waals surface area contributed by atoms with Gasteiger partial charge in [-0.2, -0.15) is 11.3 Å². The molecule has 0 unspecified atom stereocenters. The van der Waals surface area contributed by atoms with E-state index in [1.54, 1.807) is 6.07 Å². The predicted octanol–water partition coefficient (Wildman–Crippen LogP) is -0.0213. The van der Waals surface area contributed by atoms with Crippen LogP contribution < -0.4 is 4.78 Å². The summed E-state index contributed by atoms with van der Waals surface area (Å²) in [6.45, 7) is 6.57. The van der Waals surface area contributed by atoms with Crippen molar-refractivity contribution in [3.8, 4) is 0 Å². The summed E-state index contributed by atoms with van der Waals surface area (Å²) >= 11 is 1.09. The molecule has 0 amide bonds. The summed E-state index contributed by atoms with van der Waals surface area (Å²) in [6.07, 6.45) is 0. The highest BCUT2D eigenvalue weighted by atomic mass is 32.1. The first-order chi connectivity index (χ1) is 4.74. The first-order valence-corrected chi connectivity index (χ1v) is 3.39. The van der Waals surface area contributed by atoms with Crippen LogP contribution in [0, 0.1) is 6.57 Å². The maximum Gasteiger partial charge on any atom is 0.497 e. The van der Waals surface area contributed by atoms with E-state index in [0.717, 1.165) is 11.3 Å². The Kier molecular flexibility index (Phi) is 2.07. The molecule has 0 radical (unpaired) electrons. The molecule has 0 aromatic carbocycles. The van der Waals surface area contributed by atoms with Crippen molar-refractivity contribution in [1.82, 2.24) is 0 Å². The first-order valence-electron chi connectivity index (χ1n) is 2.57. The highest BCUT2D eigenvalue weighted by Gasteiger charge is 2.12. The monoisotopic (exact) mass is 153 g/mol. The SMILES string of the molecule is [C-]#[N+]c1ccc(B(O)O)s1. The largest absolute Gasteiger partial charge is 0.497 e. The van der Waals surface area contributed by atoms with Crippen LogP contribution in [0.5, 0.6) is 0 Å². The molecule has 2 N–H and O–H groups in total. The maximum absolute atomic E-state index is 8.60. The van der Waals surface area contributed by atoms with Gasteiger partial charge in [-0.1, -0.05) is 6.07 Å².